The summed E-state index contributed by atoms with van der Waals surface area (Å²) in [5.41, 5.74) is 2.16. The number of benzene rings is 2. The average molecular weight is 487 g/mol. The molecular weight excluding hydrogens is 457 g/mol. The molecule has 5 rings (SSSR count). The summed E-state index contributed by atoms with van der Waals surface area (Å²) in [7, 11) is 1.74. The van der Waals surface area contributed by atoms with Gasteiger partial charge in [0.15, 0.2) is 11.6 Å². The minimum Gasteiger partial charge on any atom is -0.486 e. The maximum Gasteiger partial charge on any atom is 0.207 e. The lowest BCUT2D eigenvalue weighted by atomic mass is 10.1. The molecule has 0 unspecified atom stereocenters. The molecule has 3 aromatic rings. The molecule has 0 atom stereocenters. The molecule has 186 valence electrons. The van der Waals surface area contributed by atoms with Gasteiger partial charge in [-0.25, -0.2) is 18.2 Å². The summed E-state index contributed by atoms with van der Waals surface area (Å²) in [5, 5.41) is 6.08. The number of nitrogens with zero attached hydrogens (tertiary/aromatic N) is 4. The molecule has 2 aromatic carbocycles. The van der Waals surface area contributed by atoms with Gasteiger partial charge in [0.2, 0.25) is 5.95 Å². The molecule has 35 heavy (non-hydrogen) atoms. The Morgan fingerprint density at radius 3 is 2.49 bits per heavy atom. The van der Waals surface area contributed by atoms with Gasteiger partial charge in [0.05, 0.1) is 35.5 Å². The van der Waals surface area contributed by atoms with E-state index in [0.717, 1.165) is 19.2 Å². The van der Waals surface area contributed by atoms with Crippen molar-refractivity contribution in [3.8, 4) is 17.0 Å². The van der Waals surface area contributed by atoms with Crippen LogP contribution in [0.5, 0.6) is 5.75 Å². The van der Waals surface area contributed by atoms with Crippen molar-refractivity contribution < 1.29 is 17.9 Å². The number of hydrogen-bond acceptors (Lipinski definition) is 6. The van der Waals surface area contributed by atoms with Gasteiger partial charge in [-0.1, -0.05) is 0 Å². The van der Waals surface area contributed by atoms with Crippen LogP contribution in [0.2, 0.25) is 0 Å². The van der Waals surface area contributed by atoms with E-state index in [2.05, 4.69) is 20.5 Å². The first-order chi connectivity index (χ1) is 16.8. The highest BCUT2D eigenvalue weighted by molar-refractivity contribution is 5.73. The Bertz CT molecular complexity index is 1240. The second-order valence-electron chi connectivity index (χ2n) is 9.11. The van der Waals surface area contributed by atoms with Gasteiger partial charge in [-0.15, -0.1) is 0 Å². The predicted molar refractivity (Wildman–Crippen MR) is 131 cm³/mol. The minimum atomic E-state index is -0.575. The molecule has 2 aliphatic rings. The highest BCUT2D eigenvalue weighted by Gasteiger charge is 2.25. The third-order valence-electron chi connectivity index (χ3n) is 6.56. The molecule has 1 saturated heterocycles. The van der Waals surface area contributed by atoms with E-state index in [-0.39, 0.29) is 23.2 Å². The van der Waals surface area contributed by atoms with Crippen LogP contribution in [0.15, 0.2) is 30.5 Å². The standard InChI is InChI=1S/C25H29F3N6O/c1-15(2)34-8-9-35-24-19(28)10-16(11-22(24)34)23-14-30-25(32(23)3)31-20-12-18(27)21(13-17(20)26)33-6-4-29-5-7-33/h10-15,29H,4-9H2,1-3H3,(H,30,31). The van der Waals surface area contributed by atoms with Gasteiger partial charge in [-0.05, 0) is 26.0 Å². The summed E-state index contributed by atoms with van der Waals surface area (Å²) in [6.07, 6.45) is 1.58. The zero-order chi connectivity index (χ0) is 24.7. The van der Waals surface area contributed by atoms with Gasteiger partial charge in [0.25, 0.3) is 0 Å². The van der Waals surface area contributed by atoms with E-state index < -0.39 is 17.5 Å². The number of imidazole rings is 1. The van der Waals surface area contributed by atoms with Crippen LogP contribution in [-0.4, -0.2) is 54.9 Å². The molecule has 3 heterocycles. The Balaban J connectivity index is 1.44. The smallest absolute Gasteiger partial charge is 0.207 e. The number of rotatable bonds is 5. The van der Waals surface area contributed by atoms with E-state index in [1.54, 1.807) is 17.8 Å². The third-order valence-corrected chi connectivity index (χ3v) is 6.56. The topological polar surface area (TPSA) is 57.6 Å². The van der Waals surface area contributed by atoms with E-state index in [1.807, 2.05) is 24.8 Å². The number of ether oxygens (including phenoxy) is 1. The molecule has 2 N–H and O–H groups in total. The monoisotopic (exact) mass is 486 g/mol. The minimum absolute atomic E-state index is 0.0161. The third kappa shape index (κ3) is 4.38. The Kier molecular flexibility index (Phi) is 6.22. The van der Waals surface area contributed by atoms with Crippen LogP contribution in [-0.2, 0) is 7.05 Å². The van der Waals surface area contributed by atoms with E-state index in [9.17, 15) is 13.2 Å². The lowest BCUT2D eigenvalue weighted by Crippen LogP contribution is -2.43. The Labute approximate surface area is 202 Å². The van der Waals surface area contributed by atoms with Crippen LogP contribution in [0, 0.1) is 17.5 Å². The molecule has 0 spiro atoms. The first-order valence-electron chi connectivity index (χ1n) is 11.8. The zero-order valence-corrected chi connectivity index (χ0v) is 20.0. The van der Waals surface area contributed by atoms with Crippen molar-refractivity contribution >= 4 is 23.0 Å². The van der Waals surface area contributed by atoms with E-state index in [4.69, 9.17) is 4.74 Å². The van der Waals surface area contributed by atoms with Gasteiger partial charge in [0, 0.05) is 57.0 Å². The van der Waals surface area contributed by atoms with E-state index in [0.29, 0.717) is 49.1 Å². The first-order valence-corrected chi connectivity index (χ1v) is 11.8. The number of piperazine rings is 1. The zero-order valence-electron chi connectivity index (χ0n) is 20.0. The molecule has 0 aliphatic carbocycles. The fourth-order valence-corrected chi connectivity index (χ4v) is 4.68. The molecule has 0 amide bonds. The van der Waals surface area contributed by atoms with Crippen molar-refractivity contribution in [2.75, 3.05) is 54.4 Å². The highest BCUT2D eigenvalue weighted by Crippen LogP contribution is 2.39. The quantitative estimate of drug-likeness (QED) is 0.562. The second kappa shape index (κ2) is 9.33. The Hall–Kier alpha value is -3.40. The van der Waals surface area contributed by atoms with Crippen LogP contribution < -0.4 is 25.2 Å². The molecule has 2 aliphatic heterocycles. The number of anilines is 4. The van der Waals surface area contributed by atoms with Gasteiger partial charge >= 0.3 is 0 Å². The summed E-state index contributed by atoms with van der Waals surface area (Å²) in [6, 6.07) is 5.83. The molecule has 10 heteroatoms. The van der Waals surface area contributed by atoms with Gasteiger partial charge in [-0.2, -0.15) is 0 Å². The normalized spacial score (nSPS) is 15.9. The lowest BCUT2D eigenvalue weighted by molar-refractivity contribution is 0.287. The van der Waals surface area contributed by atoms with E-state index in [1.165, 1.54) is 12.1 Å². The van der Waals surface area contributed by atoms with Crippen molar-refractivity contribution in [1.29, 1.82) is 0 Å². The van der Waals surface area contributed by atoms with Crippen LogP contribution in [0.25, 0.3) is 11.3 Å². The van der Waals surface area contributed by atoms with Crippen molar-refractivity contribution in [3.05, 3.63) is 47.9 Å². The van der Waals surface area contributed by atoms with Crippen molar-refractivity contribution in [1.82, 2.24) is 14.9 Å². The maximum atomic E-state index is 14.9. The molecule has 1 fully saturated rings. The second-order valence-corrected chi connectivity index (χ2v) is 9.11. The van der Waals surface area contributed by atoms with Crippen LogP contribution in [0.3, 0.4) is 0 Å². The van der Waals surface area contributed by atoms with Crippen LogP contribution >= 0.6 is 0 Å². The SMILES string of the molecule is CC(C)N1CCOc2c(F)cc(-c3cnc(Nc4cc(F)c(N5CCNCC5)cc4F)n3C)cc21. The number of hydrogen-bond donors (Lipinski definition) is 2. The Morgan fingerprint density at radius 1 is 0.971 bits per heavy atom. The van der Waals surface area contributed by atoms with Gasteiger partial charge in [0.1, 0.15) is 18.2 Å². The first kappa shape index (κ1) is 23.3. The predicted octanol–water partition coefficient (Wildman–Crippen LogP) is 4.26. The number of fused-ring (bicyclic) bond motifs is 1. The number of nitrogens with one attached hydrogen (secondary N) is 2. The van der Waals surface area contributed by atoms with Crippen molar-refractivity contribution in [2.24, 2.45) is 7.05 Å². The molecular formula is C25H29F3N6O. The van der Waals surface area contributed by atoms with E-state index >= 15 is 0 Å². The molecule has 0 saturated carbocycles. The summed E-state index contributed by atoms with van der Waals surface area (Å²) in [6.45, 7) is 7.87. The van der Waals surface area contributed by atoms with Crippen molar-refractivity contribution in [2.45, 2.75) is 19.9 Å². The van der Waals surface area contributed by atoms with Crippen molar-refractivity contribution in [3.63, 3.8) is 0 Å². The lowest BCUT2D eigenvalue weighted by Gasteiger charge is -2.34. The summed E-state index contributed by atoms with van der Waals surface area (Å²) >= 11 is 0. The fourth-order valence-electron chi connectivity index (χ4n) is 4.68. The summed E-state index contributed by atoms with van der Waals surface area (Å²) in [4.78, 5) is 8.27. The molecule has 0 bridgehead atoms. The summed E-state index contributed by atoms with van der Waals surface area (Å²) in [5.74, 6) is -0.973. The van der Waals surface area contributed by atoms with Gasteiger partial charge < -0.3 is 29.7 Å². The molecule has 1 aromatic heterocycles. The average Bonchev–Trinajstić information content (AvgIpc) is 3.21. The Morgan fingerprint density at radius 2 is 1.74 bits per heavy atom. The maximum absolute atomic E-state index is 14.9. The number of aromatic nitrogens is 2. The number of halogens is 3. The molecule has 0 radical (unpaired) electrons. The molecule has 7 nitrogen and oxygen atoms in total. The van der Waals surface area contributed by atoms with Gasteiger partial charge in [-0.3, -0.25) is 0 Å². The summed E-state index contributed by atoms with van der Waals surface area (Å²) < 4.78 is 52.0. The highest BCUT2D eigenvalue weighted by atomic mass is 19.1. The van der Waals surface area contributed by atoms with Crippen LogP contribution in [0.4, 0.5) is 36.2 Å². The van der Waals surface area contributed by atoms with Crippen LogP contribution in [0.1, 0.15) is 13.8 Å². The largest absolute Gasteiger partial charge is 0.486 e. The fraction of sp³-hybridized carbons (Fsp3) is 0.400.